The van der Waals surface area contributed by atoms with Gasteiger partial charge in [0, 0.05) is 11.1 Å². The highest BCUT2D eigenvalue weighted by Crippen LogP contribution is 1.87. The Kier molecular flexibility index (Phi) is 18.7. The van der Waals surface area contributed by atoms with Gasteiger partial charge < -0.3 is 4.74 Å². The van der Waals surface area contributed by atoms with Crippen molar-refractivity contribution in [2.75, 3.05) is 7.11 Å². The third-order valence-electron chi connectivity index (χ3n) is 0.891. The molecule has 0 unspecified atom stereocenters. The highest BCUT2D eigenvalue weighted by atomic mass is 16.5. The molecule has 0 spiro atoms. The number of hydrogen-bond donors (Lipinski definition) is 0. The molecular weight excluding hydrogens is 202 g/mol. The van der Waals surface area contributed by atoms with Crippen molar-refractivity contribution in [3.63, 3.8) is 0 Å². The van der Waals surface area contributed by atoms with Gasteiger partial charge in [0.25, 0.3) is 0 Å². The van der Waals surface area contributed by atoms with E-state index >= 15 is 0 Å². The van der Waals surface area contributed by atoms with Crippen LogP contribution in [0.4, 0.5) is 0 Å². The predicted molar refractivity (Wildman–Crippen MR) is 67.7 cm³/mol. The number of allylic oxidation sites excluding steroid dienone is 3. The quantitative estimate of drug-likeness (QED) is 0.311. The second kappa shape index (κ2) is 15.4. The second-order valence-electron chi connectivity index (χ2n) is 2.64. The Bertz CT molecular complexity index is 290. The van der Waals surface area contributed by atoms with Crippen LogP contribution in [0.3, 0.4) is 0 Å². The number of rotatable bonds is 2. The second-order valence-corrected chi connectivity index (χ2v) is 2.64. The van der Waals surface area contributed by atoms with Gasteiger partial charge in [-0.1, -0.05) is 38.5 Å². The SMILES string of the molecule is C=C(C)C#N.C=C(C)C(=O)OC.C=CC=C. The Morgan fingerprint density at radius 3 is 1.56 bits per heavy atom. The third kappa shape index (κ3) is 29.7. The van der Waals surface area contributed by atoms with Crippen molar-refractivity contribution in [1.29, 1.82) is 5.26 Å². The molecule has 0 bridgehead atoms. The molecule has 0 aliphatic rings. The van der Waals surface area contributed by atoms with Gasteiger partial charge in [0.15, 0.2) is 0 Å². The molecule has 0 aromatic carbocycles. The van der Waals surface area contributed by atoms with Crippen molar-refractivity contribution in [2.45, 2.75) is 13.8 Å². The number of nitrogens with zero attached hydrogens (tertiary/aromatic N) is 1. The standard InChI is InChI=1S/C5H8O2.C4H5N.C4H6/c1-4(2)5(6)7-3;1-4(2)3-5;1-3-4-2/h1H2,2-3H3;1H2,2H3;3-4H,1-2H2. The predicted octanol–water partition coefficient (Wildman–Crippen LogP) is 3.18. The Morgan fingerprint density at radius 2 is 1.56 bits per heavy atom. The number of carbonyl (C=O) groups is 1. The minimum atomic E-state index is -0.347. The molecule has 0 fully saturated rings. The van der Waals surface area contributed by atoms with Crippen molar-refractivity contribution >= 4 is 5.97 Å². The van der Waals surface area contributed by atoms with Crippen LogP contribution in [0.15, 0.2) is 49.6 Å². The first-order valence-electron chi connectivity index (χ1n) is 4.40. The van der Waals surface area contributed by atoms with Crippen LogP contribution in [0.2, 0.25) is 0 Å². The molecule has 0 aliphatic carbocycles. The minimum absolute atomic E-state index is 0.347. The first-order valence-corrected chi connectivity index (χ1v) is 4.40. The molecule has 0 rings (SSSR count). The zero-order valence-electron chi connectivity index (χ0n) is 10.2. The Balaban J connectivity index is -0.000000166. The fourth-order valence-electron chi connectivity index (χ4n) is 0.174. The number of nitriles is 1. The summed E-state index contributed by atoms with van der Waals surface area (Å²) in [5.74, 6) is -0.347. The highest BCUT2D eigenvalue weighted by Gasteiger charge is 1.95. The summed E-state index contributed by atoms with van der Waals surface area (Å²) < 4.78 is 4.27. The van der Waals surface area contributed by atoms with E-state index in [0.717, 1.165) is 0 Å². The van der Waals surface area contributed by atoms with Gasteiger partial charge in [-0.05, 0) is 13.8 Å². The summed E-state index contributed by atoms with van der Waals surface area (Å²) in [5, 5.41) is 7.79. The largest absolute Gasteiger partial charge is 0.466 e. The van der Waals surface area contributed by atoms with Gasteiger partial charge >= 0.3 is 5.97 Å². The summed E-state index contributed by atoms with van der Waals surface area (Å²) in [5.41, 5.74) is 0.993. The van der Waals surface area contributed by atoms with Crippen molar-refractivity contribution in [2.24, 2.45) is 0 Å². The van der Waals surface area contributed by atoms with Crippen molar-refractivity contribution in [3.8, 4) is 6.07 Å². The zero-order chi connectivity index (χ0) is 13.6. The molecule has 0 aromatic heterocycles. The average Bonchev–Trinajstić information content (AvgIpc) is 2.28. The van der Waals surface area contributed by atoms with Gasteiger partial charge in [-0.25, -0.2) is 4.79 Å². The molecule has 0 radical (unpaired) electrons. The van der Waals surface area contributed by atoms with Crippen LogP contribution in [0.1, 0.15) is 13.8 Å². The van der Waals surface area contributed by atoms with E-state index in [9.17, 15) is 4.79 Å². The van der Waals surface area contributed by atoms with E-state index in [1.54, 1.807) is 26.0 Å². The van der Waals surface area contributed by atoms with Gasteiger partial charge in [0.2, 0.25) is 0 Å². The van der Waals surface area contributed by atoms with Crippen LogP contribution in [-0.4, -0.2) is 13.1 Å². The van der Waals surface area contributed by atoms with E-state index in [2.05, 4.69) is 31.1 Å². The summed E-state index contributed by atoms with van der Waals surface area (Å²) in [6.07, 6.45) is 3.28. The van der Waals surface area contributed by atoms with E-state index in [0.29, 0.717) is 11.1 Å². The summed E-state index contributed by atoms with van der Waals surface area (Å²) in [6.45, 7) is 16.7. The summed E-state index contributed by atoms with van der Waals surface area (Å²) in [4.78, 5) is 10.2. The summed E-state index contributed by atoms with van der Waals surface area (Å²) in [6, 6.07) is 1.83. The molecule has 0 amide bonds. The third-order valence-corrected chi connectivity index (χ3v) is 0.891. The maximum absolute atomic E-state index is 10.2. The number of carbonyl (C=O) groups excluding carboxylic acids is 1. The molecule has 3 nitrogen and oxygen atoms in total. The molecule has 0 aromatic rings. The highest BCUT2D eigenvalue weighted by molar-refractivity contribution is 5.86. The fourth-order valence-corrected chi connectivity index (χ4v) is 0.174. The molecule has 3 heteroatoms. The van der Waals surface area contributed by atoms with Gasteiger partial charge in [-0.2, -0.15) is 5.26 Å². The van der Waals surface area contributed by atoms with Crippen LogP contribution in [-0.2, 0) is 9.53 Å². The topological polar surface area (TPSA) is 50.1 Å². The van der Waals surface area contributed by atoms with Crippen LogP contribution in [0, 0.1) is 11.3 Å². The number of methoxy groups -OCH3 is 1. The minimum Gasteiger partial charge on any atom is -0.466 e. The Morgan fingerprint density at radius 1 is 1.25 bits per heavy atom. The maximum Gasteiger partial charge on any atom is 0.332 e. The van der Waals surface area contributed by atoms with Gasteiger partial charge in [-0.15, -0.1) is 0 Å². The van der Waals surface area contributed by atoms with E-state index in [1.807, 2.05) is 6.07 Å². The lowest BCUT2D eigenvalue weighted by molar-refractivity contribution is -0.136. The average molecular weight is 221 g/mol. The molecule has 0 N–H and O–H groups in total. The smallest absolute Gasteiger partial charge is 0.332 e. The lowest BCUT2D eigenvalue weighted by Crippen LogP contribution is -1.98. The van der Waals surface area contributed by atoms with E-state index in [1.165, 1.54) is 7.11 Å². The Labute approximate surface area is 98.0 Å². The molecule has 0 saturated carbocycles. The Hall–Kier alpha value is -2.08. The molecular formula is C13H19NO2. The normalized spacial score (nSPS) is 6.38. The van der Waals surface area contributed by atoms with Crippen LogP contribution in [0.25, 0.3) is 0 Å². The van der Waals surface area contributed by atoms with Crippen LogP contribution in [0.5, 0.6) is 0 Å². The van der Waals surface area contributed by atoms with Crippen molar-refractivity contribution in [1.82, 2.24) is 0 Å². The van der Waals surface area contributed by atoms with Crippen molar-refractivity contribution < 1.29 is 9.53 Å². The zero-order valence-corrected chi connectivity index (χ0v) is 10.2. The fraction of sp³-hybridized carbons (Fsp3) is 0.231. The first-order chi connectivity index (χ1) is 7.37. The molecule has 0 atom stereocenters. The lowest BCUT2D eigenvalue weighted by atomic mass is 10.4. The van der Waals surface area contributed by atoms with Crippen LogP contribution < -0.4 is 0 Å². The summed E-state index contributed by atoms with van der Waals surface area (Å²) in [7, 11) is 1.33. The number of hydrogen-bond acceptors (Lipinski definition) is 3. The molecule has 88 valence electrons. The number of ether oxygens (including phenoxy) is 1. The van der Waals surface area contributed by atoms with Crippen LogP contribution >= 0.6 is 0 Å². The molecule has 16 heavy (non-hydrogen) atoms. The molecule has 0 heterocycles. The first kappa shape index (κ1) is 19.5. The van der Waals surface area contributed by atoms with E-state index in [4.69, 9.17) is 5.26 Å². The lowest BCUT2D eigenvalue weighted by Gasteiger charge is -1.91. The van der Waals surface area contributed by atoms with Gasteiger partial charge in [0.05, 0.1) is 13.2 Å². The maximum atomic E-state index is 10.2. The van der Waals surface area contributed by atoms with E-state index < -0.39 is 0 Å². The number of esters is 1. The van der Waals surface area contributed by atoms with Crippen molar-refractivity contribution in [3.05, 3.63) is 49.6 Å². The van der Waals surface area contributed by atoms with E-state index in [-0.39, 0.29) is 5.97 Å². The molecule has 0 saturated heterocycles. The van der Waals surface area contributed by atoms with Gasteiger partial charge in [0.1, 0.15) is 0 Å². The monoisotopic (exact) mass is 221 g/mol. The van der Waals surface area contributed by atoms with Gasteiger partial charge in [-0.3, -0.25) is 0 Å². The molecule has 0 aliphatic heterocycles. The summed E-state index contributed by atoms with van der Waals surface area (Å²) >= 11 is 0.